The minimum Gasteiger partial charge on any atom is -0.497 e. The Morgan fingerprint density at radius 2 is 1.93 bits per heavy atom. The van der Waals surface area contributed by atoms with Gasteiger partial charge >= 0.3 is 0 Å². The molecule has 0 spiro atoms. The molecule has 0 aliphatic carbocycles. The summed E-state index contributed by atoms with van der Waals surface area (Å²) in [6.07, 6.45) is 0. The van der Waals surface area contributed by atoms with Crippen molar-refractivity contribution >= 4 is 45.7 Å². The Hall–Kier alpha value is -2.77. The fourth-order valence-electron chi connectivity index (χ4n) is 3.10. The molecule has 0 bridgehead atoms. The summed E-state index contributed by atoms with van der Waals surface area (Å²) in [6.45, 7) is 0.548. The van der Waals surface area contributed by atoms with Crippen molar-refractivity contribution in [3.63, 3.8) is 0 Å². The first kappa shape index (κ1) is 19.5. The van der Waals surface area contributed by atoms with Crippen molar-refractivity contribution in [2.75, 3.05) is 17.8 Å². The number of fused-ring (bicyclic) bond motifs is 1. The Labute approximate surface area is 177 Å². The van der Waals surface area contributed by atoms with Gasteiger partial charge in [-0.15, -0.1) is 11.3 Å². The van der Waals surface area contributed by atoms with Crippen LogP contribution >= 0.6 is 23.1 Å². The number of aromatic nitrogens is 2. The van der Waals surface area contributed by atoms with Crippen LogP contribution in [0.4, 0.5) is 5.69 Å². The van der Waals surface area contributed by atoms with E-state index in [0.29, 0.717) is 12.3 Å². The van der Waals surface area contributed by atoms with Gasteiger partial charge < -0.3 is 14.2 Å². The molecule has 0 saturated carbocycles. The minimum atomic E-state index is 0.0422. The van der Waals surface area contributed by atoms with E-state index in [1.54, 1.807) is 18.4 Å². The number of rotatable bonds is 7. The van der Waals surface area contributed by atoms with Gasteiger partial charge in [-0.3, -0.25) is 4.79 Å². The van der Waals surface area contributed by atoms with Crippen LogP contribution in [0.2, 0.25) is 0 Å². The van der Waals surface area contributed by atoms with E-state index in [1.807, 2.05) is 82.6 Å². The third-order valence-electron chi connectivity index (χ3n) is 4.65. The number of hydrogen-bond donors (Lipinski definition) is 0. The zero-order valence-corrected chi connectivity index (χ0v) is 17.9. The monoisotopic (exact) mass is 423 g/mol. The maximum atomic E-state index is 13.2. The van der Waals surface area contributed by atoms with Crippen LogP contribution in [0.3, 0.4) is 0 Å². The quantitative estimate of drug-likeness (QED) is 0.394. The van der Waals surface area contributed by atoms with Crippen molar-refractivity contribution in [2.24, 2.45) is 7.05 Å². The van der Waals surface area contributed by atoms with Gasteiger partial charge in [0, 0.05) is 17.6 Å². The third kappa shape index (κ3) is 4.31. The van der Waals surface area contributed by atoms with E-state index in [4.69, 9.17) is 4.74 Å². The lowest BCUT2D eigenvalue weighted by Gasteiger charge is -2.22. The Morgan fingerprint density at radius 1 is 1.14 bits per heavy atom. The molecule has 5 nitrogen and oxygen atoms in total. The molecule has 148 valence electrons. The summed E-state index contributed by atoms with van der Waals surface area (Å²) >= 11 is 3.11. The van der Waals surface area contributed by atoms with Crippen LogP contribution in [0, 0.1) is 0 Å². The molecular formula is C22H21N3O2S2. The second kappa shape index (κ2) is 8.71. The lowest BCUT2D eigenvalue weighted by molar-refractivity contribution is -0.116. The van der Waals surface area contributed by atoms with Gasteiger partial charge in [-0.25, -0.2) is 4.98 Å². The summed E-state index contributed by atoms with van der Waals surface area (Å²) in [7, 11) is 3.62. The van der Waals surface area contributed by atoms with Crippen molar-refractivity contribution in [1.82, 2.24) is 9.55 Å². The second-order valence-electron chi connectivity index (χ2n) is 6.49. The Morgan fingerprint density at radius 3 is 2.62 bits per heavy atom. The van der Waals surface area contributed by atoms with Crippen molar-refractivity contribution in [3.8, 4) is 5.75 Å². The van der Waals surface area contributed by atoms with E-state index in [2.05, 4.69) is 4.98 Å². The highest BCUT2D eigenvalue weighted by Gasteiger charge is 2.19. The number of carbonyl (C=O) groups excluding carboxylic acids is 1. The Bertz CT molecular complexity index is 1110. The lowest BCUT2D eigenvalue weighted by atomic mass is 10.2. The number of ether oxygens (including phenoxy) is 1. The normalized spacial score (nSPS) is 11.0. The SMILES string of the molecule is COc1ccc(N(Cc2cccs2)C(=O)CSc2nc3ccccc3n2C)cc1. The molecule has 0 radical (unpaired) electrons. The van der Waals surface area contributed by atoms with Gasteiger partial charge in [0.25, 0.3) is 0 Å². The van der Waals surface area contributed by atoms with Crippen molar-refractivity contribution < 1.29 is 9.53 Å². The summed E-state index contributed by atoms with van der Waals surface area (Å²) < 4.78 is 7.28. The number of thioether (sulfide) groups is 1. The molecule has 7 heteroatoms. The number of amides is 1. The smallest absolute Gasteiger partial charge is 0.237 e. The first-order valence-electron chi connectivity index (χ1n) is 9.17. The number of imidazole rings is 1. The van der Waals surface area contributed by atoms with Crippen LogP contribution in [-0.4, -0.2) is 28.3 Å². The average molecular weight is 424 g/mol. The van der Waals surface area contributed by atoms with Gasteiger partial charge in [0.2, 0.25) is 5.91 Å². The number of thiophene rings is 1. The summed E-state index contributed by atoms with van der Waals surface area (Å²) in [4.78, 5) is 20.8. The van der Waals surface area contributed by atoms with Gasteiger partial charge in [-0.1, -0.05) is 30.0 Å². The fraction of sp³-hybridized carbons (Fsp3) is 0.182. The van der Waals surface area contributed by atoms with Crippen molar-refractivity contribution in [2.45, 2.75) is 11.7 Å². The number of aryl methyl sites for hydroxylation is 1. The van der Waals surface area contributed by atoms with Gasteiger partial charge in [-0.05, 0) is 47.8 Å². The largest absolute Gasteiger partial charge is 0.497 e. The van der Waals surface area contributed by atoms with Crippen LogP contribution in [-0.2, 0) is 18.4 Å². The van der Waals surface area contributed by atoms with Crippen LogP contribution in [0.15, 0.2) is 71.2 Å². The first-order chi connectivity index (χ1) is 14.2. The Kier molecular flexibility index (Phi) is 5.87. The molecule has 1 amide bonds. The van der Waals surface area contributed by atoms with Gasteiger partial charge in [0.05, 0.1) is 30.4 Å². The highest BCUT2D eigenvalue weighted by Crippen LogP contribution is 2.26. The van der Waals surface area contributed by atoms with Crippen molar-refractivity contribution in [1.29, 1.82) is 0 Å². The van der Waals surface area contributed by atoms with Crippen LogP contribution in [0.1, 0.15) is 4.88 Å². The molecule has 2 aromatic carbocycles. The third-order valence-corrected chi connectivity index (χ3v) is 6.53. The van der Waals surface area contributed by atoms with E-state index < -0.39 is 0 Å². The van der Waals surface area contributed by atoms with Crippen LogP contribution in [0.5, 0.6) is 5.75 Å². The maximum Gasteiger partial charge on any atom is 0.237 e. The van der Waals surface area contributed by atoms with Gasteiger partial charge in [0.15, 0.2) is 5.16 Å². The standard InChI is InChI=1S/C22H21N3O2S2/c1-24-20-8-4-3-7-19(20)23-22(24)29-15-21(26)25(14-18-6-5-13-28-18)16-9-11-17(27-2)12-10-16/h3-13H,14-15H2,1-2H3. The number of methoxy groups -OCH3 is 1. The number of para-hydroxylation sites is 2. The molecular weight excluding hydrogens is 402 g/mol. The van der Waals surface area contributed by atoms with Gasteiger partial charge in [-0.2, -0.15) is 0 Å². The topological polar surface area (TPSA) is 47.4 Å². The van der Waals surface area contributed by atoms with E-state index in [9.17, 15) is 4.79 Å². The molecule has 2 aromatic heterocycles. The highest BCUT2D eigenvalue weighted by atomic mass is 32.2. The molecule has 0 atom stereocenters. The predicted octanol–water partition coefficient (Wildman–Crippen LogP) is 4.97. The zero-order chi connectivity index (χ0) is 20.2. The maximum absolute atomic E-state index is 13.2. The molecule has 4 aromatic rings. The summed E-state index contributed by atoms with van der Waals surface area (Å²) in [5.74, 6) is 1.13. The molecule has 0 saturated heterocycles. The average Bonchev–Trinajstić information content (AvgIpc) is 3.38. The lowest BCUT2D eigenvalue weighted by Crippen LogP contribution is -2.31. The van der Waals surface area contributed by atoms with Crippen LogP contribution < -0.4 is 9.64 Å². The van der Waals surface area contributed by atoms with Crippen molar-refractivity contribution in [3.05, 3.63) is 70.9 Å². The molecule has 0 unspecified atom stereocenters. The molecule has 0 aliphatic rings. The number of carbonyl (C=O) groups is 1. The summed E-state index contributed by atoms with van der Waals surface area (Å²) in [6, 6.07) is 19.6. The number of hydrogen-bond acceptors (Lipinski definition) is 5. The second-order valence-corrected chi connectivity index (χ2v) is 8.46. The summed E-state index contributed by atoms with van der Waals surface area (Å²) in [5.41, 5.74) is 2.86. The number of nitrogens with zero attached hydrogens (tertiary/aromatic N) is 3. The highest BCUT2D eigenvalue weighted by molar-refractivity contribution is 7.99. The Balaban J connectivity index is 1.54. The zero-order valence-electron chi connectivity index (χ0n) is 16.2. The van der Waals surface area contributed by atoms with E-state index >= 15 is 0 Å². The molecule has 0 fully saturated rings. The molecule has 0 N–H and O–H groups in total. The van der Waals surface area contributed by atoms with Gasteiger partial charge in [0.1, 0.15) is 5.75 Å². The number of benzene rings is 2. The molecule has 2 heterocycles. The minimum absolute atomic E-state index is 0.0422. The fourth-order valence-corrected chi connectivity index (χ4v) is 4.66. The van der Waals surface area contributed by atoms with E-state index in [-0.39, 0.29) is 5.91 Å². The van der Waals surface area contributed by atoms with E-state index in [0.717, 1.165) is 32.5 Å². The molecule has 4 rings (SSSR count). The summed E-state index contributed by atoms with van der Waals surface area (Å²) in [5, 5.41) is 2.87. The van der Waals surface area contributed by atoms with Crippen LogP contribution in [0.25, 0.3) is 11.0 Å². The number of anilines is 1. The van der Waals surface area contributed by atoms with E-state index in [1.165, 1.54) is 11.8 Å². The molecule has 29 heavy (non-hydrogen) atoms. The first-order valence-corrected chi connectivity index (χ1v) is 11.0. The predicted molar refractivity (Wildman–Crippen MR) is 120 cm³/mol. The molecule has 0 aliphatic heterocycles.